The first-order valence-electron chi connectivity index (χ1n) is 7.11. The summed E-state index contributed by atoms with van der Waals surface area (Å²) in [6.45, 7) is 3.44. The Balaban J connectivity index is 1.92. The first-order valence-corrected chi connectivity index (χ1v) is 7.11. The maximum atomic E-state index is 11.1. The van der Waals surface area contributed by atoms with Gasteiger partial charge in [0.15, 0.2) is 0 Å². The van der Waals surface area contributed by atoms with Gasteiger partial charge in [-0.3, -0.25) is 0 Å². The molecule has 2 amide bonds. The lowest BCUT2D eigenvalue weighted by Gasteiger charge is -2.26. The molecular weight excluding hydrogens is 238 g/mol. The number of anilines is 1. The second-order valence-corrected chi connectivity index (χ2v) is 5.63. The van der Waals surface area contributed by atoms with E-state index in [2.05, 4.69) is 35.3 Å². The number of amides is 2. The third-order valence-electron chi connectivity index (χ3n) is 4.42. The van der Waals surface area contributed by atoms with E-state index in [1.165, 1.54) is 29.7 Å². The number of urea groups is 1. The highest BCUT2D eigenvalue weighted by Gasteiger charge is 2.29. The first kappa shape index (κ1) is 12.3. The summed E-state index contributed by atoms with van der Waals surface area (Å²) in [5.41, 5.74) is 9.25. The molecule has 2 aliphatic rings. The molecule has 2 atom stereocenters. The van der Waals surface area contributed by atoms with Gasteiger partial charge in [-0.05, 0) is 49.8 Å². The molecule has 1 aromatic rings. The van der Waals surface area contributed by atoms with Crippen molar-refractivity contribution in [2.45, 2.75) is 44.7 Å². The monoisotopic (exact) mass is 259 g/mol. The first-order chi connectivity index (χ1) is 9.16. The van der Waals surface area contributed by atoms with E-state index in [-0.39, 0.29) is 6.04 Å². The third-order valence-corrected chi connectivity index (χ3v) is 4.42. The maximum absolute atomic E-state index is 11.1. The summed E-state index contributed by atoms with van der Waals surface area (Å²) >= 11 is 0. The summed E-state index contributed by atoms with van der Waals surface area (Å²) < 4.78 is 0. The van der Waals surface area contributed by atoms with Crippen LogP contribution in [0, 0.1) is 0 Å². The maximum Gasteiger partial charge on any atom is 0.312 e. The molecule has 1 saturated heterocycles. The highest BCUT2D eigenvalue weighted by Crippen LogP contribution is 2.39. The number of nitrogens with zero attached hydrogens (tertiary/aromatic N) is 1. The minimum absolute atomic E-state index is 0.0883. The number of rotatable bonds is 2. The van der Waals surface area contributed by atoms with Crippen LogP contribution in [0.1, 0.15) is 43.4 Å². The van der Waals surface area contributed by atoms with Crippen LogP contribution in [-0.4, -0.2) is 18.6 Å². The third kappa shape index (κ3) is 2.15. The van der Waals surface area contributed by atoms with Gasteiger partial charge in [0.25, 0.3) is 0 Å². The van der Waals surface area contributed by atoms with E-state index in [0.717, 1.165) is 19.4 Å². The molecule has 0 saturated carbocycles. The van der Waals surface area contributed by atoms with Crippen molar-refractivity contribution >= 4 is 11.7 Å². The Morgan fingerprint density at radius 1 is 1.42 bits per heavy atom. The van der Waals surface area contributed by atoms with Crippen LogP contribution in [0.3, 0.4) is 0 Å². The fourth-order valence-corrected chi connectivity index (χ4v) is 3.52. The normalized spacial score (nSPS) is 25.4. The van der Waals surface area contributed by atoms with Gasteiger partial charge < -0.3 is 16.0 Å². The van der Waals surface area contributed by atoms with Crippen LogP contribution in [-0.2, 0) is 6.42 Å². The molecule has 3 N–H and O–H groups in total. The van der Waals surface area contributed by atoms with Crippen molar-refractivity contribution in [1.82, 2.24) is 5.32 Å². The van der Waals surface area contributed by atoms with E-state index in [1.807, 2.05) is 0 Å². The van der Waals surface area contributed by atoms with Crippen molar-refractivity contribution in [1.29, 1.82) is 0 Å². The van der Waals surface area contributed by atoms with Crippen LogP contribution in [0.2, 0.25) is 0 Å². The Morgan fingerprint density at radius 2 is 2.26 bits per heavy atom. The molecule has 1 heterocycles. The molecule has 1 fully saturated rings. The van der Waals surface area contributed by atoms with E-state index in [4.69, 9.17) is 5.73 Å². The van der Waals surface area contributed by atoms with Gasteiger partial charge in [0.05, 0.1) is 6.04 Å². The Bertz CT molecular complexity index is 500. The summed E-state index contributed by atoms with van der Waals surface area (Å²) in [6, 6.07) is 6.71. The number of nitrogens with two attached hydrogens (primary N) is 1. The zero-order valence-electron chi connectivity index (χ0n) is 11.4. The molecule has 0 aromatic heterocycles. The van der Waals surface area contributed by atoms with E-state index < -0.39 is 6.03 Å². The molecule has 4 nitrogen and oxygen atoms in total. The average Bonchev–Trinajstić information content (AvgIpc) is 2.96. The van der Waals surface area contributed by atoms with Gasteiger partial charge in [-0.1, -0.05) is 12.1 Å². The topological polar surface area (TPSA) is 58.4 Å². The molecule has 3 rings (SSSR count). The predicted molar refractivity (Wildman–Crippen MR) is 76.3 cm³/mol. The Labute approximate surface area is 114 Å². The highest BCUT2D eigenvalue weighted by molar-refractivity contribution is 5.73. The second kappa shape index (κ2) is 4.76. The molecule has 1 aliphatic carbocycles. The van der Waals surface area contributed by atoms with Crippen LogP contribution < -0.4 is 16.0 Å². The van der Waals surface area contributed by atoms with Crippen LogP contribution in [0.4, 0.5) is 10.5 Å². The van der Waals surface area contributed by atoms with Crippen molar-refractivity contribution in [3.8, 4) is 0 Å². The van der Waals surface area contributed by atoms with Gasteiger partial charge >= 0.3 is 6.03 Å². The van der Waals surface area contributed by atoms with Gasteiger partial charge in [-0.2, -0.15) is 0 Å². The lowest BCUT2D eigenvalue weighted by Crippen LogP contribution is -2.32. The SMILES string of the molecule is CC1CCCN1c1cccc2c1CCC2NC(N)=O. The van der Waals surface area contributed by atoms with E-state index >= 15 is 0 Å². The summed E-state index contributed by atoms with van der Waals surface area (Å²) in [5, 5.41) is 2.85. The molecule has 0 spiro atoms. The molecule has 4 heteroatoms. The number of carbonyl (C=O) groups is 1. The van der Waals surface area contributed by atoms with E-state index in [9.17, 15) is 4.79 Å². The number of primary amides is 1. The minimum atomic E-state index is -0.433. The smallest absolute Gasteiger partial charge is 0.312 e. The van der Waals surface area contributed by atoms with Gasteiger partial charge in [0, 0.05) is 18.3 Å². The lowest BCUT2D eigenvalue weighted by atomic mass is 10.1. The number of fused-ring (bicyclic) bond motifs is 1. The molecular formula is C15H21N3O. The average molecular weight is 259 g/mol. The van der Waals surface area contributed by atoms with Gasteiger partial charge in [0.1, 0.15) is 0 Å². The van der Waals surface area contributed by atoms with Gasteiger partial charge in [0.2, 0.25) is 0 Å². The lowest BCUT2D eigenvalue weighted by molar-refractivity contribution is 0.245. The molecule has 0 radical (unpaired) electrons. The number of hydrogen-bond donors (Lipinski definition) is 2. The molecule has 2 unspecified atom stereocenters. The Morgan fingerprint density at radius 3 is 2.95 bits per heavy atom. The predicted octanol–water partition coefficient (Wildman–Crippen LogP) is 2.33. The van der Waals surface area contributed by atoms with E-state index in [1.54, 1.807) is 0 Å². The molecule has 1 aromatic carbocycles. The molecule has 102 valence electrons. The van der Waals surface area contributed by atoms with Crippen LogP contribution >= 0.6 is 0 Å². The van der Waals surface area contributed by atoms with Crippen molar-refractivity contribution in [2.24, 2.45) is 5.73 Å². The van der Waals surface area contributed by atoms with E-state index in [0.29, 0.717) is 6.04 Å². The number of nitrogens with one attached hydrogen (secondary N) is 1. The van der Waals surface area contributed by atoms with Crippen LogP contribution in [0.15, 0.2) is 18.2 Å². The molecule has 1 aliphatic heterocycles. The van der Waals surface area contributed by atoms with Crippen molar-refractivity contribution in [3.05, 3.63) is 29.3 Å². The van der Waals surface area contributed by atoms with Gasteiger partial charge in [-0.15, -0.1) is 0 Å². The quantitative estimate of drug-likeness (QED) is 0.856. The molecule has 19 heavy (non-hydrogen) atoms. The largest absolute Gasteiger partial charge is 0.369 e. The Kier molecular flexibility index (Phi) is 3.09. The number of carbonyl (C=O) groups excluding carboxylic acids is 1. The van der Waals surface area contributed by atoms with Crippen molar-refractivity contribution < 1.29 is 4.79 Å². The fraction of sp³-hybridized carbons (Fsp3) is 0.533. The zero-order chi connectivity index (χ0) is 13.4. The van der Waals surface area contributed by atoms with Crippen molar-refractivity contribution in [2.75, 3.05) is 11.4 Å². The molecule has 0 bridgehead atoms. The minimum Gasteiger partial charge on any atom is -0.369 e. The summed E-state index contributed by atoms with van der Waals surface area (Å²) in [7, 11) is 0. The fourth-order valence-electron chi connectivity index (χ4n) is 3.52. The standard InChI is InChI=1S/C15H21N3O/c1-10-4-3-9-18(10)14-6-2-5-11-12(14)7-8-13(11)17-15(16)19/h2,5-6,10,13H,3-4,7-9H2,1H3,(H3,16,17,19). The summed E-state index contributed by atoms with van der Waals surface area (Å²) in [6.07, 6.45) is 4.53. The number of hydrogen-bond acceptors (Lipinski definition) is 2. The van der Waals surface area contributed by atoms with Crippen molar-refractivity contribution in [3.63, 3.8) is 0 Å². The summed E-state index contributed by atoms with van der Waals surface area (Å²) in [5.74, 6) is 0. The summed E-state index contributed by atoms with van der Waals surface area (Å²) in [4.78, 5) is 13.6. The van der Waals surface area contributed by atoms with Crippen LogP contribution in [0.25, 0.3) is 0 Å². The van der Waals surface area contributed by atoms with Gasteiger partial charge in [-0.25, -0.2) is 4.79 Å². The second-order valence-electron chi connectivity index (χ2n) is 5.63. The Hall–Kier alpha value is -1.71. The highest BCUT2D eigenvalue weighted by atomic mass is 16.2. The zero-order valence-corrected chi connectivity index (χ0v) is 11.4. The number of benzene rings is 1. The van der Waals surface area contributed by atoms with Crippen LogP contribution in [0.5, 0.6) is 0 Å².